The van der Waals surface area contributed by atoms with Crippen molar-refractivity contribution in [2.75, 3.05) is 31.0 Å². The number of amides is 2. The van der Waals surface area contributed by atoms with E-state index in [2.05, 4.69) is 10.3 Å². The molecule has 160 valence electrons. The number of ether oxygens (including phenoxy) is 3. The first-order valence-corrected chi connectivity index (χ1v) is 10.5. The minimum absolute atomic E-state index is 0.128. The number of fused-ring (bicyclic) bond motifs is 1. The van der Waals surface area contributed by atoms with Gasteiger partial charge in [-0.25, -0.2) is 4.98 Å². The summed E-state index contributed by atoms with van der Waals surface area (Å²) in [4.78, 5) is 31.5. The summed E-state index contributed by atoms with van der Waals surface area (Å²) >= 11 is 1.48. The molecule has 3 aromatic rings. The molecule has 8 nitrogen and oxygen atoms in total. The Kier molecular flexibility index (Phi) is 5.77. The Balaban J connectivity index is 1.61. The first kappa shape index (κ1) is 20.7. The Bertz CT molecular complexity index is 1120. The van der Waals surface area contributed by atoms with Gasteiger partial charge in [-0.05, 0) is 37.3 Å². The molecule has 31 heavy (non-hydrogen) atoms. The number of benzene rings is 2. The van der Waals surface area contributed by atoms with E-state index < -0.39 is 6.04 Å². The third-order valence-electron chi connectivity index (χ3n) is 4.98. The summed E-state index contributed by atoms with van der Waals surface area (Å²) in [6.07, 6.45) is 0. The molecule has 1 aromatic heterocycles. The highest BCUT2D eigenvalue weighted by Crippen LogP contribution is 2.37. The zero-order valence-electron chi connectivity index (χ0n) is 17.2. The number of carbonyl (C=O) groups excluding carboxylic acids is 2. The van der Waals surface area contributed by atoms with Crippen LogP contribution in [0, 0.1) is 0 Å². The standard InChI is InChI=1S/C22H21N3O5S/c1-13(22(27)24-15-5-7-19(28-2)20(9-15)29-3)25-17-8-14(16-11-31-12-23-16)4-6-18(17)30-10-21(25)26/h4-9,11-13H,10H2,1-3H3,(H,24,27). The van der Waals surface area contributed by atoms with Crippen molar-refractivity contribution in [2.45, 2.75) is 13.0 Å². The van der Waals surface area contributed by atoms with E-state index in [1.165, 1.54) is 23.3 Å². The van der Waals surface area contributed by atoms with Crippen molar-refractivity contribution in [1.82, 2.24) is 4.98 Å². The Hall–Kier alpha value is -3.59. The second-order valence-corrected chi connectivity index (χ2v) is 7.56. The maximum Gasteiger partial charge on any atom is 0.265 e. The van der Waals surface area contributed by atoms with E-state index in [-0.39, 0.29) is 18.4 Å². The summed E-state index contributed by atoms with van der Waals surface area (Å²) in [6, 6.07) is 9.81. The van der Waals surface area contributed by atoms with Gasteiger partial charge >= 0.3 is 0 Å². The van der Waals surface area contributed by atoms with Crippen LogP contribution in [0.5, 0.6) is 17.2 Å². The normalized spacial score (nSPS) is 13.8. The number of carbonyl (C=O) groups is 2. The van der Waals surface area contributed by atoms with Crippen LogP contribution < -0.4 is 24.4 Å². The molecule has 2 aromatic carbocycles. The third-order valence-corrected chi connectivity index (χ3v) is 5.57. The van der Waals surface area contributed by atoms with Gasteiger partial charge in [0.1, 0.15) is 11.8 Å². The van der Waals surface area contributed by atoms with Crippen molar-refractivity contribution in [2.24, 2.45) is 0 Å². The molecule has 2 amide bonds. The quantitative estimate of drug-likeness (QED) is 0.631. The Morgan fingerprint density at radius 1 is 1.19 bits per heavy atom. The van der Waals surface area contributed by atoms with Crippen LogP contribution in [-0.2, 0) is 9.59 Å². The van der Waals surface area contributed by atoms with E-state index >= 15 is 0 Å². The topological polar surface area (TPSA) is 90.0 Å². The molecular weight excluding hydrogens is 418 g/mol. The van der Waals surface area contributed by atoms with Gasteiger partial charge in [0.15, 0.2) is 18.1 Å². The predicted molar refractivity (Wildman–Crippen MR) is 118 cm³/mol. The highest BCUT2D eigenvalue weighted by Gasteiger charge is 2.33. The fraction of sp³-hybridized carbons (Fsp3) is 0.227. The summed E-state index contributed by atoms with van der Waals surface area (Å²) in [7, 11) is 3.06. The number of thiazole rings is 1. The average Bonchev–Trinajstić information content (AvgIpc) is 3.33. The van der Waals surface area contributed by atoms with Crippen LogP contribution in [0.25, 0.3) is 11.3 Å². The molecule has 0 bridgehead atoms. The fourth-order valence-corrected chi connectivity index (χ4v) is 3.95. The molecule has 0 radical (unpaired) electrons. The minimum Gasteiger partial charge on any atom is -0.493 e. The van der Waals surface area contributed by atoms with E-state index in [1.807, 2.05) is 17.5 Å². The van der Waals surface area contributed by atoms with Crippen molar-refractivity contribution in [3.63, 3.8) is 0 Å². The molecular formula is C22H21N3O5S. The first-order chi connectivity index (χ1) is 15.0. The van der Waals surface area contributed by atoms with Crippen LogP contribution >= 0.6 is 11.3 Å². The summed E-state index contributed by atoms with van der Waals surface area (Å²) in [5.74, 6) is 0.962. The minimum atomic E-state index is -0.770. The van der Waals surface area contributed by atoms with E-state index in [0.717, 1.165) is 11.3 Å². The molecule has 4 rings (SSSR count). The van der Waals surface area contributed by atoms with Gasteiger partial charge in [0.2, 0.25) is 5.91 Å². The molecule has 1 aliphatic heterocycles. The van der Waals surface area contributed by atoms with Crippen molar-refractivity contribution >= 4 is 34.5 Å². The van der Waals surface area contributed by atoms with Crippen molar-refractivity contribution in [3.8, 4) is 28.5 Å². The lowest BCUT2D eigenvalue weighted by Gasteiger charge is -2.33. The third kappa shape index (κ3) is 4.04. The molecule has 0 saturated heterocycles. The van der Waals surface area contributed by atoms with Crippen LogP contribution in [0.2, 0.25) is 0 Å². The molecule has 1 aliphatic rings. The van der Waals surface area contributed by atoms with Crippen molar-refractivity contribution in [1.29, 1.82) is 0 Å². The highest BCUT2D eigenvalue weighted by molar-refractivity contribution is 7.07. The average molecular weight is 439 g/mol. The summed E-state index contributed by atoms with van der Waals surface area (Å²) in [5.41, 5.74) is 4.46. The number of rotatable bonds is 6. The van der Waals surface area contributed by atoms with Crippen molar-refractivity contribution in [3.05, 3.63) is 47.3 Å². The van der Waals surface area contributed by atoms with Crippen LogP contribution in [0.15, 0.2) is 47.3 Å². The lowest BCUT2D eigenvalue weighted by atomic mass is 10.1. The fourth-order valence-electron chi connectivity index (χ4n) is 3.39. The summed E-state index contributed by atoms with van der Waals surface area (Å²) < 4.78 is 16.1. The Morgan fingerprint density at radius 3 is 2.71 bits per heavy atom. The molecule has 1 unspecified atom stereocenters. The largest absolute Gasteiger partial charge is 0.493 e. The van der Waals surface area contributed by atoms with E-state index in [1.54, 1.807) is 43.8 Å². The number of nitrogens with one attached hydrogen (secondary N) is 1. The number of aromatic nitrogens is 1. The van der Waals surface area contributed by atoms with Gasteiger partial charge in [0.05, 0.1) is 31.1 Å². The Labute approximate surface area is 183 Å². The molecule has 1 N–H and O–H groups in total. The number of anilines is 2. The molecule has 9 heteroatoms. The maximum absolute atomic E-state index is 13.0. The first-order valence-electron chi connectivity index (χ1n) is 9.52. The predicted octanol–water partition coefficient (Wildman–Crippen LogP) is 3.58. The van der Waals surface area contributed by atoms with Gasteiger partial charge in [0.25, 0.3) is 5.91 Å². The summed E-state index contributed by atoms with van der Waals surface area (Å²) in [5, 5.41) is 4.76. The summed E-state index contributed by atoms with van der Waals surface area (Å²) in [6.45, 7) is 1.55. The molecule has 0 fully saturated rings. The maximum atomic E-state index is 13.0. The van der Waals surface area contributed by atoms with E-state index in [9.17, 15) is 9.59 Å². The monoisotopic (exact) mass is 439 g/mol. The number of nitrogens with zero attached hydrogens (tertiary/aromatic N) is 2. The lowest BCUT2D eigenvalue weighted by molar-refractivity contribution is -0.125. The molecule has 0 saturated carbocycles. The van der Waals surface area contributed by atoms with Crippen LogP contribution in [-0.4, -0.2) is 43.7 Å². The lowest BCUT2D eigenvalue weighted by Crippen LogP contribution is -2.49. The Morgan fingerprint density at radius 2 is 2.00 bits per heavy atom. The van der Waals surface area contributed by atoms with Crippen LogP contribution in [0.3, 0.4) is 0 Å². The van der Waals surface area contributed by atoms with Gasteiger partial charge in [0, 0.05) is 22.7 Å². The highest BCUT2D eigenvalue weighted by atomic mass is 32.1. The van der Waals surface area contributed by atoms with Gasteiger partial charge in [-0.1, -0.05) is 0 Å². The second-order valence-electron chi connectivity index (χ2n) is 6.84. The molecule has 0 spiro atoms. The second kappa shape index (κ2) is 8.65. The number of methoxy groups -OCH3 is 2. The molecule has 1 atom stereocenters. The number of hydrogen-bond donors (Lipinski definition) is 1. The van der Waals surface area contributed by atoms with Gasteiger partial charge in [-0.15, -0.1) is 11.3 Å². The molecule has 2 heterocycles. The smallest absolute Gasteiger partial charge is 0.265 e. The van der Waals surface area contributed by atoms with Crippen molar-refractivity contribution < 1.29 is 23.8 Å². The number of hydrogen-bond acceptors (Lipinski definition) is 7. The van der Waals surface area contributed by atoms with Gasteiger partial charge < -0.3 is 19.5 Å². The van der Waals surface area contributed by atoms with Crippen LogP contribution in [0.1, 0.15) is 6.92 Å². The molecule has 0 aliphatic carbocycles. The zero-order chi connectivity index (χ0) is 22.0. The SMILES string of the molecule is COc1ccc(NC(=O)C(C)N2C(=O)COc3ccc(-c4cscn4)cc32)cc1OC. The zero-order valence-corrected chi connectivity index (χ0v) is 18.1. The van der Waals surface area contributed by atoms with Gasteiger partial charge in [-0.2, -0.15) is 0 Å². The van der Waals surface area contributed by atoms with Crippen LogP contribution in [0.4, 0.5) is 11.4 Å². The van der Waals surface area contributed by atoms with E-state index in [0.29, 0.717) is 28.6 Å². The van der Waals surface area contributed by atoms with Gasteiger partial charge in [-0.3, -0.25) is 14.5 Å². The van der Waals surface area contributed by atoms with E-state index in [4.69, 9.17) is 14.2 Å².